The van der Waals surface area contributed by atoms with Crippen LogP contribution in [-0.2, 0) is 16.2 Å². The van der Waals surface area contributed by atoms with Gasteiger partial charge in [-0.1, -0.05) is 0 Å². The molecule has 8 N–H and O–H groups in total. The monoisotopic (exact) mass is 318 g/mol. The number of hydrogen-bond acceptors (Lipinski definition) is 10. The quantitative estimate of drug-likeness (QED) is 0.318. The first-order valence-electron chi connectivity index (χ1n) is 6.36. The molecule has 1 aromatic heterocycles. The number of ether oxygens (including phenoxy) is 2. The molecule has 2 rings (SSSR count). The van der Waals surface area contributed by atoms with E-state index in [0.717, 1.165) is 4.57 Å². The molecule has 11 heteroatoms. The molecule has 1 saturated heterocycles. The molecule has 0 spiro atoms. The molecule has 2 heterocycles. The summed E-state index contributed by atoms with van der Waals surface area (Å²) in [6.45, 7) is -1.45. The molecule has 22 heavy (non-hydrogen) atoms. The van der Waals surface area contributed by atoms with Crippen LogP contribution in [0.25, 0.3) is 0 Å². The molecule has 0 radical (unpaired) electrons. The van der Waals surface area contributed by atoms with Gasteiger partial charge in [0.15, 0.2) is 6.29 Å². The normalized spacial score (nSPS) is 35.5. The van der Waals surface area contributed by atoms with Crippen LogP contribution >= 0.6 is 0 Å². The first-order valence-corrected chi connectivity index (χ1v) is 6.36. The zero-order valence-corrected chi connectivity index (χ0v) is 11.4. The summed E-state index contributed by atoms with van der Waals surface area (Å²) in [4.78, 5) is 15.1. The number of aromatic nitrogens is 2. The van der Waals surface area contributed by atoms with Gasteiger partial charge < -0.3 is 41.4 Å². The Balaban J connectivity index is 2.23. The third-order valence-electron chi connectivity index (χ3n) is 3.45. The maximum absolute atomic E-state index is 11.6. The van der Waals surface area contributed by atoms with Crippen molar-refractivity contribution in [2.45, 2.75) is 37.1 Å². The summed E-state index contributed by atoms with van der Waals surface area (Å²) >= 11 is 0. The third-order valence-corrected chi connectivity index (χ3v) is 3.45. The van der Waals surface area contributed by atoms with Crippen molar-refractivity contribution >= 4 is 5.82 Å². The molecule has 0 unspecified atom stereocenters. The number of rotatable bonds is 4. The molecule has 0 aromatic carbocycles. The van der Waals surface area contributed by atoms with Crippen molar-refractivity contribution in [3.05, 3.63) is 22.7 Å². The molecule has 1 fully saturated rings. The second kappa shape index (κ2) is 6.26. The minimum absolute atomic E-state index is 0.0242. The molecular weight excluding hydrogens is 300 g/mol. The summed E-state index contributed by atoms with van der Waals surface area (Å²) < 4.78 is 11.1. The van der Waals surface area contributed by atoms with Gasteiger partial charge in [0.05, 0.1) is 6.04 Å². The van der Waals surface area contributed by atoms with Gasteiger partial charge in [-0.2, -0.15) is 0 Å². The third kappa shape index (κ3) is 2.83. The van der Waals surface area contributed by atoms with Crippen LogP contribution in [0.15, 0.2) is 17.1 Å². The van der Waals surface area contributed by atoms with E-state index in [1.165, 1.54) is 12.3 Å². The molecule has 11 nitrogen and oxygen atoms in total. The summed E-state index contributed by atoms with van der Waals surface area (Å²) in [5, 5.41) is 38.9. The van der Waals surface area contributed by atoms with Crippen LogP contribution in [-0.4, -0.2) is 66.9 Å². The molecule has 1 aliphatic heterocycles. The zero-order chi connectivity index (χ0) is 16.5. The maximum Gasteiger partial charge on any atom is 0.351 e. The first-order chi connectivity index (χ1) is 10.3. The number of anilines is 1. The topological polar surface area (TPSA) is 186 Å². The number of hydrogen-bond donors (Lipinski definition) is 6. The van der Waals surface area contributed by atoms with Gasteiger partial charge in [0, 0.05) is 6.20 Å². The Labute approximate surface area is 124 Å². The number of aliphatic hydroxyl groups excluding tert-OH is 4. The van der Waals surface area contributed by atoms with Crippen LogP contribution in [0, 0.1) is 0 Å². The van der Waals surface area contributed by atoms with Crippen molar-refractivity contribution in [1.82, 2.24) is 9.55 Å². The molecule has 1 aliphatic rings. The Morgan fingerprint density at radius 2 is 2.14 bits per heavy atom. The number of nitrogens with two attached hydrogens (primary N) is 2. The lowest BCUT2D eigenvalue weighted by atomic mass is 9.95. The van der Waals surface area contributed by atoms with E-state index >= 15 is 0 Å². The predicted molar refractivity (Wildman–Crippen MR) is 70.9 cm³/mol. The summed E-state index contributed by atoms with van der Waals surface area (Å²) in [5.74, 6) is -2.15. The van der Waals surface area contributed by atoms with Gasteiger partial charge in [-0.25, -0.2) is 9.78 Å². The number of nitrogens with zero attached hydrogens (tertiary/aromatic N) is 2. The Bertz CT molecular complexity index is 582. The highest BCUT2D eigenvalue weighted by atomic mass is 16.8. The van der Waals surface area contributed by atoms with Crippen LogP contribution in [0.3, 0.4) is 0 Å². The van der Waals surface area contributed by atoms with Crippen molar-refractivity contribution in [2.24, 2.45) is 5.73 Å². The fraction of sp³-hybridized carbons (Fsp3) is 0.636. The molecule has 0 bridgehead atoms. The van der Waals surface area contributed by atoms with Crippen molar-refractivity contribution in [1.29, 1.82) is 0 Å². The Morgan fingerprint density at radius 3 is 2.73 bits per heavy atom. The van der Waals surface area contributed by atoms with Crippen molar-refractivity contribution in [2.75, 3.05) is 12.3 Å². The SMILES string of the molecule is Nc1ccnc(=O)n1CO[C@@]1(CO)O[C@@H](O)[C@H](N)[C@@H](O)[C@@H]1O. The van der Waals surface area contributed by atoms with Gasteiger partial charge >= 0.3 is 5.69 Å². The van der Waals surface area contributed by atoms with E-state index in [4.69, 9.17) is 20.9 Å². The lowest BCUT2D eigenvalue weighted by molar-refractivity contribution is -0.392. The summed E-state index contributed by atoms with van der Waals surface area (Å²) in [6.07, 6.45) is -3.86. The Kier molecular flexibility index (Phi) is 4.77. The minimum atomic E-state index is -2.17. The van der Waals surface area contributed by atoms with Crippen LogP contribution < -0.4 is 17.2 Å². The minimum Gasteiger partial charge on any atom is -0.391 e. The van der Waals surface area contributed by atoms with E-state index in [9.17, 15) is 25.2 Å². The molecule has 0 aliphatic carbocycles. The smallest absolute Gasteiger partial charge is 0.351 e. The number of aliphatic hydroxyl groups is 4. The lowest BCUT2D eigenvalue weighted by Gasteiger charge is -2.46. The molecule has 0 amide bonds. The van der Waals surface area contributed by atoms with Gasteiger partial charge in [-0.15, -0.1) is 0 Å². The van der Waals surface area contributed by atoms with E-state index in [1.807, 2.05) is 0 Å². The standard InChI is InChI=1S/C11H18N4O7/c12-5-1-2-14-10(20)15(5)4-21-11(3-16)8(18)7(17)6(13)9(19)22-11/h1-2,6-9,16-19H,3-4,12-13H2/t6-,7-,8+,9-,11+/m1/s1. The summed E-state index contributed by atoms with van der Waals surface area (Å²) in [7, 11) is 0. The van der Waals surface area contributed by atoms with Crippen LogP contribution in [0.1, 0.15) is 0 Å². The fourth-order valence-corrected chi connectivity index (χ4v) is 2.04. The van der Waals surface area contributed by atoms with E-state index in [0.29, 0.717) is 0 Å². The average molecular weight is 318 g/mol. The summed E-state index contributed by atoms with van der Waals surface area (Å²) in [6, 6.07) is 0.0539. The fourth-order valence-electron chi connectivity index (χ4n) is 2.04. The van der Waals surface area contributed by atoms with Gasteiger partial charge in [0.1, 0.15) is 31.4 Å². The first kappa shape index (κ1) is 16.8. The van der Waals surface area contributed by atoms with Crippen molar-refractivity contribution in [3.63, 3.8) is 0 Å². The lowest BCUT2D eigenvalue weighted by Crippen LogP contribution is -2.69. The Morgan fingerprint density at radius 1 is 1.45 bits per heavy atom. The van der Waals surface area contributed by atoms with Gasteiger partial charge in [-0.3, -0.25) is 4.57 Å². The highest BCUT2D eigenvalue weighted by molar-refractivity contribution is 5.25. The molecule has 1 aromatic rings. The molecular formula is C11H18N4O7. The second-order valence-electron chi connectivity index (χ2n) is 4.84. The van der Waals surface area contributed by atoms with E-state index in [2.05, 4.69) is 4.98 Å². The van der Waals surface area contributed by atoms with Gasteiger partial charge in [-0.05, 0) is 6.07 Å². The van der Waals surface area contributed by atoms with Crippen LogP contribution in [0.4, 0.5) is 5.82 Å². The van der Waals surface area contributed by atoms with E-state index in [1.54, 1.807) is 0 Å². The second-order valence-corrected chi connectivity index (χ2v) is 4.84. The zero-order valence-electron chi connectivity index (χ0n) is 11.4. The maximum atomic E-state index is 11.6. The Hall–Kier alpha value is -1.60. The average Bonchev–Trinajstić information content (AvgIpc) is 2.49. The largest absolute Gasteiger partial charge is 0.391 e. The van der Waals surface area contributed by atoms with E-state index in [-0.39, 0.29) is 5.82 Å². The molecule has 0 saturated carbocycles. The van der Waals surface area contributed by atoms with Crippen LogP contribution in [0.5, 0.6) is 0 Å². The summed E-state index contributed by atoms with van der Waals surface area (Å²) in [5.41, 5.74) is 10.3. The highest BCUT2D eigenvalue weighted by Gasteiger charge is 2.53. The predicted octanol–water partition coefficient (Wildman–Crippen LogP) is -4.11. The van der Waals surface area contributed by atoms with Gasteiger partial charge in [0.2, 0.25) is 5.79 Å². The van der Waals surface area contributed by atoms with E-state index < -0.39 is 49.4 Å². The highest BCUT2D eigenvalue weighted by Crippen LogP contribution is 2.29. The molecule has 5 atom stereocenters. The van der Waals surface area contributed by atoms with Crippen molar-refractivity contribution in [3.8, 4) is 0 Å². The van der Waals surface area contributed by atoms with Crippen LogP contribution in [0.2, 0.25) is 0 Å². The van der Waals surface area contributed by atoms with Gasteiger partial charge in [0.25, 0.3) is 0 Å². The number of nitrogen functional groups attached to an aromatic ring is 1. The van der Waals surface area contributed by atoms with Crippen molar-refractivity contribution < 1.29 is 29.9 Å². The molecule has 124 valence electrons.